The molecule has 0 saturated heterocycles. The number of halogens is 2. The number of amidine groups is 1. The first-order valence-electron chi connectivity index (χ1n) is 3.77. The molecule has 0 aliphatic rings. The average Bonchev–Trinajstić information content (AvgIpc) is 1.99. The molecule has 2 N–H and O–H groups in total. The van der Waals surface area contributed by atoms with Crippen molar-refractivity contribution < 1.29 is 0 Å². The van der Waals surface area contributed by atoms with Gasteiger partial charge in [-0.2, -0.15) is 0 Å². The first kappa shape index (κ1) is 10.4. The summed E-state index contributed by atoms with van der Waals surface area (Å²) in [5.74, 6) is 0.460. The molecular formula is C9H10Cl2N2. The zero-order valence-corrected chi connectivity index (χ0v) is 8.95. The van der Waals surface area contributed by atoms with Crippen molar-refractivity contribution in [2.24, 2.45) is 10.7 Å². The number of nitrogens with two attached hydrogens (primary N) is 1. The van der Waals surface area contributed by atoms with E-state index in [1.165, 1.54) is 0 Å². The van der Waals surface area contributed by atoms with Crippen LogP contribution in [0, 0.1) is 6.92 Å². The van der Waals surface area contributed by atoms with Gasteiger partial charge in [-0.05, 0) is 31.5 Å². The maximum Gasteiger partial charge on any atom is 0.0965 e. The molecule has 1 aromatic rings. The molecule has 0 radical (unpaired) electrons. The summed E-state index contributed by atoms with van der Waals surface area (Å²) in [4.78, 5) is 4.04. The maximum absolute atomic E-state index is 5.92. The van der Waals surface area contributed by atoms with Crippen LogP contribution in [0.15, 0.2) is 17.1 Å². The van der Waals surface area contributed by atoms with Gasteiger partial charge in [-0.3, -0.25) is 0 Å². The topological polar surface area (TPSA) is 38.4 Å². The smallest absolute Gasteiger partial charge is 0.0965 e. The Kier molecular flexibility index (Phi) is 3.17. The molecule has 4 heteroatoms. The zero-order chi connectivity index (χ0) is 10.0. The third-order valence-corrected chi connectivity index (χ3v) is 2.23. The van der Waals surface area contributed by atoms with Crippen molar-refractivity contribution in [2.45, 2.75) is 13.8 Å². The average molecular weight is 217 g/mol. The van der Waals surface area contributed by atoms with Crippen LogP contribution in [0.4, 0.5) is 5.69 Å². The molecule has 0 atom stereocenters. The van der Waals surface area contributed by atoms with Gasteiger partial charge in [-0.15, -0.1) is 0 Å². The fraction of sp³-hybridized carbons (Fsp3) is 0.222. The van der Waals surface area contributed by atoms with Crippen molar-refractivity contribution in [3.05, 3.63) is 27.7 Å². The van der Waals surface area contributed by atoms with Crippen molar-refractivity contribution in [1.82, 2.24) is 0 Å². The quantitative estimate of drug-likeness (QED) is 0.568. The highest BCUT2D eigenvalue weighted by Crippen LogP contribution is 2.30. The Morgan fingerprint density at radius 1 is 1.31 bits per heavy atom. The molecule has 0 spiro atoms. The molecule has 0 unspecified atom stereocenters. The third-order valence-electron chi connectivity index (χ3n) is 1.52. The normalized spacial score (nSPS) is 11.8. The van der Waals surface area contributed by atoms with Gasteiger partial charge in [0.15, 0.2) is 0 Å². The third kappa shape index (κ3) is 2.61. The number of hydrogen-bond donors (Lipinski definition) is 1. The summed E-state index contributed by atoms with van der Waals surface area (Å²) in [6.07, 6.45) is 0. The lowest BCUT2D eigenvalue weighted by atomic mass is 10.2. The second kappa shape index (κ2) is 3.99. The largest absolute Gasteiger partial charge is 0.387 e. The van der Waals surface area contributed by atoms with Crippen LogP contribution in [-0.2, 0) is 0 Å². The van der Waals surface area contributed by atoms with Crippen LogP contribution in [0.25, 0.3) is 0 Å². The highest BCUT2D eigenvalue weighted by Gasteiger charge is 2.03. The van der Waals surface area contributed by atoms with Crippen molar-refractivity contribution in [3.63, 3.8) is 0 Å². The number of aliphatic imine (C=N–C) groups is 1. The molecule has 1 aromatic carbocycles. The molecule has 0 aromatic heterocycles. The lowest BCUT2D eigenvalue weighted by molar-refractivity contribution is 1.41. The van der Waals surface area contributed by atoms with Gasteiger partial charge in [0.1, 0.15) is 0 Å². The molecule has 0 fully saturated rings. The molecule has 0 saturated carbocycles. The maximum atomic E-state index is 5.92. The lowest BCUT2D eigenvalue weighted by Crippen LogP contribution is -2.03. The van der Waals surface area contributed by atoms with Crippen molar-refractivity contribution in [2.75, 3.05) is 0 Å². The standard InChI is InChI=1S/C9H10Cl2N2/c1-5-3-8(11)9(4-7(5)10)13-6(2)12/h3-4H,1-2H3,(H2,12,13). The highest BCUT2D eigenvalue weighted by atomic mass is 35.5. The Morgan fingerprint density at radius 2 is 1.92 bits per heavy atom. The van der Waals surface area contributed by atoms with E-state index in [0.717, 1.165) is 5.56 Å². The summed E-state index contributed by atoms with van der Waals surface area (Å²) >= 11 is 11.8. The van der Waals surface area contributed by atoms with Gasteiger partial charge in [0.05, 0.1) is 16.5 Å². The van der Waals surface area contributed by atoms with E-state index in [0.29, 0.717) is 21.6 Å². The van der Waals surface area contributed by atoms with Crippen molar-refractivity contribution in [3.8, 4) is 0 Å². The van der Waals surface area contributed by atoms with E-state index in [9.17, 15) is 0 Å². The Morgan fingerprint density at radius 3 is 2.46 bits per heavy atom. The molecule has 0 amide bonds. The van der Waals surface area contributed by atoms with Gasteiger partial charge in [0.25, 0.3) is 0 Å². The minimum absolute atomic E-state index is 0.460. The summed E-state index contributed by atoms with van der Waals surface area (Å²) in [5.41, 5.74) is 6.97. The molecule has 0 aliphatic heterocycles. The van der Waals surface area contributed by atoms with Gasteiger partial charge in [-0.25, -0.2) is 4.99 Å². The molecule has 0 aliphatic carbocycles. The van der Waals surface area contributed by atoms with E-state index in [1.54, 1.807) is 19.1 Å². The molecule has 1 rings (SSSR count). The van der Waals surface area contributed by atoms with Crippen LogP contribution in [0.1, 0.15) is 12.5 Å². The number of benzene rings is 1. The molecule has 13 heavy (non-hydrogen) atoms. The lowest BCUT2D eigenvalue weighted by Gasteiger charge is -2.02. The van der Waals surface area contributed by atoms with E-state index >= 15 is 0 Å². The summed E-state index contributed by atoms with van der Waals surface area (Å²) in [7, 11) is 0. The summed E-state index contributed by atoms with van der Waals surface area (Å²) in [5, 5.41) is 1.20. The van der Waals surface area contributed by atoms with Gasteiger partial charge in [-0.1, -0.05) is 23.2 Å². The Balaban J connectivity index is 3.24. The van der Waals surface area contributed by atoms with E-state index < -0.39 is 0 Å². The summed E-state index contributed by atoms with van der Waals surface area (Å²) < 4.78 is 0. The zero-order valence-electron chi connectivity index (χ0n) is 7.44. The predicted molar refractivity (Wildman–Crippen MR) is 58.2 cm³/mol. The number of rotatable bonds is 1. The van der Waals surface area contributed by atoms with Crippen LogP contribution < -0.4 is 5.73 Å². The van der Waals surface area contributed by atoms with Crippen LogP contribution in [0.2, 0.25) is 10.0 Å². The highest BCUT2D eigenvalue weighted by molar-refractivity contribution is 6.35. The first-order chi connectivity index (χ1) is 6.00. The van der Waals surface area contributed by atoms with Crippen molar-refractivity contribution >= 4 is 34.7 Å². The van der Waals surface area contributed by atoms with E-state index in [4.69, 9.17) is 28.9 Å². The fourth-order valence-corrected chi connectivity index (χ4v) is 1.33. The van der Waals surface area contributed by atoms with Crippen LogP contribution >= 0.6 is 23.2 Å². The van der Waals surface area contributed by atoms with Gasteiger partial charge in [0.2, 0.25) is 0 Å². The SMILES string of the molecule is CC(N)=Nc1cc(Cl)c(C)cc1Cl. The van der Waals surface area contributed by atoms with Crippen LogP contribution in [0.5, 0.6) is 0 Å². The summed E-state index contributed by atoms with van der Waals surface area (Å²) in [6.45, 7) is 3.58. The Bertz CT molecular complexity index is 355. The predicted octanol–water partition coefficient (Wildman–Crippen LogP) is 3.31. The minimum Gasteiger partial charge on any atom is -0.387 e. The van der Waals surface area contributed by atoms with E-state index in [-0.39, 0.29) is 0 Å². The molecule has 0 bridgehead atoms. The van der Waals surface area contributed by atoms with Crippen LogP contribution in [0.3, 0.4) is 0 Å². The fourth-order valence-electron chi connectivity index (χ4n) is 0.911. The van der Waals surface area contributed by atoms with Gasteiger partial charge < -0.3 is 5.73 Å². The van der Waals surface area contributed by atoms with Crippen LogP contribution in [-0.4, -0.2) is 5.84 Å². The summed E-state index contributed by atoms with van der Waals surface area (Å²) in [6, 6.07) is 3.47. The second-order valence-electron chi connectivity index (χ2n) is 2.81. The van der Waals surface area contributed by atoms with E-state index in [1.807, 2.05) is 6.92 Å². The second-order valence-corrected chi connectivity index (χ2v) is 3.62. The number of aryl methyl sites for hydroxylation is 1. The molecular weight excluding hydrogens is 207 g/mol. The number of nitrogens with zero attached hydrogens (tertiary/aromatic N) is 1. The Labute approximate surface area is 87.4 Å². The van der Waals surface area contributed by atoms with Gasteiger partial charge in [0, 0.05) is 5.02 Å². The minimum atomic E-state index is 0.460. The molecule has 0 heterocycles. The molecule has 2 nitrogen and oxygen atoms in total. The monoisotopic (exact) mass is 216 g/mol. The van der Waals surface area contributed by atoms with Gasteiger partial charge >= 0.3 is 0 Å². The van der Waals surface area contributed by atoms with Crippen molar-refractivity contribution in [1.29, 1.82) is 0 Å². The number of hydrogen-bond acceptors (Lipinski definition) is 1. The molecule has 70 valence electrons. The first-order valence-corrected chi connectivity index (χ1v) is 4.52. The van der Waals surface area contributed by atoms with E-state index in [2.05, 4.69) is 4.99 Å². The Hall–Kier alpha value is -0.730.